The highest BCUT2D eigenvalue weighted by Crippen LogP contribution is 2.26. The van der Waals surface area contributed by atoms with Crippen molar-refractivity contribution in [2.75, 3.05) is 0 Å². The molecule has 0 radical (unpaired) electrons. The van der Waals surface area contributed by atoms with Gasteiger partial charge in [-0.15, -0.1) is 11.3 Å². The van der Waals surface area contributed by atoms with E-state index in [-0.39, 0.29) is 11.6 Å². The Kier molecular flexibility index (Phi) is 5.53. The van der Waals surface area contributed by atoms with E-state index in [0.29, 0.717) is 23.0 Å². The summed E-state index contributed by atoms with van der Waals surface area (Å²) in [4.78, 5) is 21.5. The first kappa shape index (κ1) is 20.2. The molecule has 9 heteroatoms. The molecule has 158 valence electrons. The van der Waals surface area contributed by atoms with Gasteiger partial charge in [-0.05, 0) is 42.5 Å². The average Bonchev–Trinajstić information content (AvgIpc) is 3.58. The first-order valence-corrected chi connectivity index (χ1v) is 11.0. The normalized spacial score (nSPS) is 10.9. The average molecular weight is 462 g/mol. The number of furan rings is 1. The van der Waals surface area contributed by atoms with Gasteiger partial charge in [0.1, 0.15) is 10.7 Å². The minimum Gasteiger partial charge on any atom is -0.463 e. The summed E-state index contributed by atoms with van der Waals surface area (Å²) in [6, 6.07) is 16.3. The van der Waals surface area contributed by atoms with Crippen LogP contribution in [0.15, 0.2) is 83.1 Å². The fourth-order valence-corrected chi connectivity index (χ4v) is 4.12. The van der Waals surface area contributed by atoms with Gasteiger partial charge in [-0.25, -0.2) is 9.67 Å². The van der Waals surface area contributed by atoms with E-state index >= 15 is 0 Å². The number of carbonyl (C=O) groups excluding carboxylic acids is 1. The molecule has 0 fully saturated rings. The summed E-state index contributed by atoms with van der Waals surface area (Å²) in [6.07, 6.45) is 5.03. The molecule has 0 atom stereocenters. The number of thiazole rings is 1. The second-order valence-corrected chi connectivity index (χ2v) is 8.21. The highest BCUT2D eigenvalue weighted by molar-refractivity contribution is 7.09. The van der Waals surface area contributed by atoms with Gasteiger partial charge in [0.05, 0.1) is 24.2 Å². The van der Waals surface area contributed by atoms with Crippen LogP contribution in [0.5, 0.6) is 0 Å². The summed E-state index contributed by atoms with van der Waals surface area (Å²) in [5, 5.41) is 10.7. The maximum Gasteiger partial charge on any atom is 0.272 e. The first-order chi connectivity index (χ1) is 15.7. The second-order valence-electron chi connectivity index (χ2n) is 6.83. The molecular formula is C23H16ClN5O2S. The molecule has 0 aliphatic heterocycles. The monoisotopic (exact) mass is 461 g/mol. The summed E-state index contributed by atoms with van der Waals surface area (Å²) in [5.41, 5.74) is 3.48. The van der Waals surface area contributed by atoms with Crippen LogP contribution in [0.3, 0.4) is 0 Å². The van der Waals surface area contributed by atoms with E-state index in [2.05, 4.69) is 20.4 Å². The van der Waals surface area contributed by atoms with Crippen molar-refractivity contribution in [3.8, 4) is 28.4 Å². The molecule has 32 heavy (non-hydrogen) atoms. The quantitative estimate of drug-likeness (QED) is 0.374. The van der Waals surface area contributed by atoms with Gasteiger partial charge in [0, 0.05) is 34.4 Å². The van der Waals surface area contributed by atoms with Crippen molar-refractivity contribution in [1.82, 2.24) is 25.1 Å². The zero-order valence-electron chi connectivity index (χ0n) is 16.6. The maximum absolute atomic E-state index is 12.9. The lowest BCUT2D eigenvalue weighted by Gasteiger charge is -2.05. The maximum atomic E-state index is 12.9. The van der Waals surface area contributed by atoms with Crippen molar-refractivity contribution in [3.63, 3.8) is 0 Å². The second kappa shape index (κ2) is 8.78. The summed E-state index contributed by atoms with van der Waals surface area (Å²) in [7, 11) is 0. The third-order valence-corrected chi connectivity index (χ3v) is 5.78. The Morgan fingerprint density at radius 1 is 1.12 bits per heavy atom. The molecule has 5 aromatic rings. The molecule has 0 bridgehead atoms. The number of hydrogen-bond acceptors (Lipinski definition) is 6. The van der Waals surface area contributed by atoms with Crippen molar-refractivity contribution in [2.45, 2.75) is 6.54 Å². The predicted octanol–water partition coefficient (Wildman–Crippen LogP) is 5.23. The van der Waals surface area contributed by atoms with Crippen LogP contribution in [-0.2, 0) is 6.54 Å². The van der Waals surface area contributed by atoms with Gasteiger partial charge >= 0.3 is 0 Å². The van der Waals surface area contributed by atoms with E-state index in [9.17, 15) is 4.79 Å². The van der Waals surface area contributed by atoms with E-state index in [4.69, 9.17) is 16.0 Å². The molecule has 0 unspecified atom stereocenters. The fraction of sp³-hybridized carbons (Fsp3) is 0.0435. The number of pyridine rings is 1. The van der Waals surface area contributed by atoms with Gasteiger partial charge < -0.3 is 9.73 Å². The van der Waals surface area contributed by atoms with Crippen LogP contribution in [0.1, 0.15) is 15.5 Å². The molecule has 1 amide bonds. The SMILES string of the molecule is O=C(NCc1nc(-c2ccncc2)cs1)c1cc(-c2ccco2)n(-c2cccc(Cl)c2)n1. The lowest BCUT2D eigenvalue weighted by atomic mass is 10.2. The number of carbonyl (C=O) groups is 1. The van der Waals surface area contributed by atoms with E-state index in [1.165, 1.54) is 11.3 Å². The smallest absolute Gasteiger partial charge is 0.272 e. The van der Waals surface area contributed by atoms with E-state index < -0.39 is 0 Å². The number of hydrogen-bond donors (Lipinski definition) is 1. The van der Waals surface area contributed by atoms with Crippen molar-refractivity contribution < 1.29 is 9.21 Å². The van der Waals surface area contributed by atoms with Crippen LogP contribution in [0.4, 0.5) is 0 Å². The molecule has 7 nitrogen and oxygen atoms in total. The molecule has 4 aromatic heterocycles. The molecule has 0 saturated carbocycles. The van der Waals surface area contributed by atoms with Crippen molar-refractivity contribution in [2.24, 2.45) is 0 Å². The summed E-state index contributed by atoms with van der Waals surface area (Å²) >= 11 is 7.64. The molecule has 1 aromatic carbocycles. The van der Waals surface area contributed by atoms with Gasteiger partial charge in [0.15, 0.2) is 11.5 Å². The van der Waals surface area contributed by atoms with Gasteiger partial charge in [-0.1, -0.05) is 17.7 Å². The fourth-order valence-electron chi connectivity index (χ4n) is 3.19. The highest BCUT2D eigenvalue weighted by Gasteiger charge is 2.19. The Labute approximate surface area is 192 Å². The van der Waals surface area contributed by atoms with E-state index in [1.807, 2.05) is 35.7 Å². The number of rotatable bonds is 6. The molecule has 0 aliphatic rings. The highest BCUT2D eigenvalue weighted by atomic mass is 35.5. The number of nitrogens with zero attached hydrogens (tertiary/aromatic N) is 4. The Balaban J connectivity index is 1.37. The van der Waals surface area contributed by atoms with Crippen molar-refractivity contribution in [3.05, 3.63) is 94.4 Å². The van der Waals surface area contributed by atoms with Crippen LogP contribution >= 0.6 is 22.9 Å². The zero-order chi connectivity index (χ0) is 21.9. The largest absolute Gasteiger partial charge is 0.463 e. The minimum absolute atomic E-state index is 0.266. The topological polar surface area (TPSA) is 85.8 Å². The lowest BCUT2D eigenvalue weighted by molar-refractivity contribution is 0.0945. The Morgan fingerprint density at radius 2 is 2.00 bits per heavy atom. The van der Waals surface area contributed by atoms with Gasteiger partial charge in [-0.3, -0.25) is 9.78 Å². The molecule has 0 aliphatic carbocycles. The van der Waals surface area contributed by atoms with Gasteiger partial charge in [0.25, 0.3) is 5.91 Å². The predicted molar refractivity (Wildman–Crippen MR) is 123 cm³/mol. The zero-order valence-corrected chi connectivity index (χ0v) is 18.2. The molecule has 0 spiro atoms. The Bertz CT molecular complexity index is 1360. The first-order valence-electron chi connectivity index (χ1n) is 9.70. The minimum atomic E-state index is -0.306. The van der Waals surface area contributed by atoms with Crippen LogP contribution in [-0.4, -0.2) is 25.7 Å². The van der Waals surface area contributed by atoms with Crippen LogP contribution in [0.25, 0.3) is 28.4 Å². The molecule has 0 saturated heterocycles. The number of halogens is 1. The van der Waals surface area contributed by atoms with Crippen LogP contribution < -0.4 is 5.32 Å². The van der Waals surface area contributed by atoms with Gasteiger partial charge in [-0.2, -0.15) is 5.10 Å². The summed E-state index contributed by atoms with van der Waals surface area (Å²) < 4.78 is 7.18. The molecule has 4 heterocycles. The number of aromatic nitrogens is 4. The van der Waals surface area contributed by atoms with Gasteiger partial charge in [0.2, 0.25) is 0 Å². The lowest BCUT2D eigenvalue weighted by Crippen LogP contribution is -2.23. The third-order valence-electron chi connectivity index (χ3n) is 4.70. The van der Waals surface area contributed by atoms with E-state index in [0.717, 1.165) is 22.0 Å². The number of benzene rings is 1. The van der Waals surface area contributed by atoms with Crippen molar-refractivity contribution in [1.29, 1.82) is 0 Å². The van der Waals surface area contributed by atoms with Crippen molar-refractivity contribution >= 4 is 28.8 Å². The third kappa shape index (κ3) is 4.18. The number of nitrogens with one attached hydrogen (secondary N) is 1. The molecular weight excluding hydrogens is 446 g/mol. The van der Waals surface area contributed by atoms with Crippen LogP contribution in [0.2, 0.25) is 5.02 Å². The summed E-state index contributed by atoms with van der Waals surface area (Å²) in [6.45, 7) is 0.300. The molecule has 5 rings (SSSR count). The Hall–Kier alpha value is -3.75. The van der Waals surface area contributed by atoms with Crippen LogP contribution in [0, 0.1) is 0 Å². The molecule has 1 N–H and O–H groups in total. The van der Waals surface area contributed by atoms with E-state index in [1.54, 1.807) is 47.6 Å². The standard InChI is InChI=1S/C23H16ClN5O2S/c24-16-3-1-4-17(11-16)29-20(21-5-2-10-31-21)12-18(28-29)23(30)26-13-22-27-19(14-32-22)15-6-8-25-9-7-15/h1-12,14H,13H2,(H,26,30). The number of amides is 1. The summed E-state index contributed by atoms with van der Waals surface area (Å²) in [5.74, 6) is 0.290. The Morgan fingerprint density at radius 3 is 2.78 bits per heavy atom.